The van der Waals surface area contributed by atoms with Gasteiger partial charge in [0.2, 0.25) is 5.91 Å². The average molecular weight is 493 g/mol. The number of nitrogens with zero attached hydrogens (tertiary/aromatic N) is 6. The number of benzene rings is 1. The molecule has 35 heavy (non-hydrogen) atoms. The number of anilines is 1. The van der Waals surface area contributed by atoms with Crippen LogP contribution in [0, 0.1) is 0 Å². The summed E-state index contributed by atoms with van der Waals surface area (Å²) in [5.41, 5.74) is 3.43. The number of halogens is 1. The van der Waals surface area contributed by atoms with Gasteiger partial charge < -0.3 is 19.5 Å². The fourth-order valence-electron chi connectivity index (χ4n) is 5.05. The van der Waals surface area contributed by atoms with Crippen LogP contribution in [0.25, 0.3) is 22.1 Å². The fourth-order valence-corrected chi connectivity index (χ4v) is 5.22. The fraction of sp³-hybridized carbons (Fsp3) is 0.385. The zero-order valence-electron chi connectivity index (χ0n) is 20.0. The number of aryl methyl sites for hydroxylation is 2. The number of rotatable bonds is 6. The van der Waals surface area contributed by atoms with Crippen molar-refractivity contribution in [2.24, 2.45) is 7.05 Å². The number of aliphatic hydroxyl groups is 1. The third kappa shape index (κ3) is 4.81. The second-order valence-corrected chi connectivity index (χ2v) is 9.86. The molecule has 3 aromatic heterocycles. The molecule has 0 unspecified atom stereocenters. The van der Waals surface area contributed by atoms with Crippen molar-refractivity contribution >= 4 is 45.3 Å². The number of amides is 1. The number of carbonyl (C=O) groups is 1. The number of pyridine rings is 2. The normalized spacial score (nSPS) is 18.3. The van der Waals surface area contributed by atoms with Gasteiger partial charge in [-0.1, -0.05) is 11.6 Å². The number of fused-ring (bicyclic) bond motifs is 2. The molecular formula is C26H29ClN6O2. The zero-order chi connectivity index (χ0) is 24.6. The molecule has 1 fully saturated rings. The molecule has 5 rings (SSSR count). The maximum Gasteiger partial charge on any atom is 0.222 e. The second kappa shape index (κ2) is 9.43. The Kier molecular flexibility index (Phi) is 6.34. The highest BCUT2D eigenvalue weighted by Crippen LogP contribution is 2.30. The first-order valence-corrected chi connectivity index (χ1v) is 12.2. The Labute approximate surface area is 209 Å². The molecule has 0 aliphatic carbocycles. The Balaban J connectivity index is 1.24. The molecule has 1 amide bonds. The number of aromatic nitrogens is 4. The molecule has 1 atom stereocenters. The predicted molar refractivity (Wildman–Crippen MR) is 138 cm³/mol. The lowest BCUT2D eigenvalue weighted by Crippen LogP contribution is -2.54. The SMILES string of the molecule is CN(C[C@]1(O)CCCN(c2ccnc3cccnc23)C1)C(=O)CCc1nc2cc(Cl)ccc2n1C. The molecular weight excluding hydrogens is 464 g/mol. The van der Waals surface area contributed by atoms with Crippen molar-refractivity contribution in [3.63, 3.8) is 0 Å². The van der Waals surface area contributed by atoms with Crippen LogP contribution in [-0.4, -0.2) is 67.7 Å². The second-order valence-electron chi connectivity index (χ2n) is 9.42. The Morgan fingerprint density at radius 3 is 2.91 bits per heavy atom. The molecule has 9 heteroatoms. The minimum Gasteiger partial charge on any atom is -0.386 e. The monoisotopic (exact) mass is 492 g/mol. The molecule has 0 bridgehead atoms. The van der Waals surface area contributed by atoms with Gasteiger partial charge >= 0.3 is 0 Å². The van der Waals surface area contributed by atoms with E-state index in [9.17, 15) is 9.90 Å². The van der Waals surface area contributed by atoms with Crippen LogP contribution < -0.4 is 4.90 Å². The summed E-state index contributed by atoms with van der Waals surface area (Å²) >= 11 is 6.09. The standard InChI is InChI=1S/C26H29ClN6O2/c1-31(24(34)9-8-23-30-20-15-18(27)6-7-21(20)32(23)2)16-26(35)11-4-14-33(17-26)22-10-13-28-19-5-3-12-29-25(19)22/h3,5-7,10,12-13,15,35H,4,8-9,11,14,16-17H2,1-2H3/t26-/m1/s1. The van der Waals surface area contributed by atoms with Gasteiger partial charge in [0.15, 0.2) is 0 Å². The highest BCUT2D eigenvalue weighted by molar-refractivity contribution is 6.31. The summed E-state index contributed by atoms with van der Waals surface area (Å²) in [6, 6.07) is 11.4. The third-order valence-corrected chi connectivity index (χ3v) is 7.06. The Morgan fingerprint density at radius 2 is 2.06 bits per heavy atom. The van der Waals surface area contributed by atoms with E-state index in [0.717, 1.165) is 46.5 Å². The van der Waals surface area contributed by atoms with Gasteiger partial charge in [0.05, 0.1) is 34.4 Å². The summed E-state index contributed by atoms with van der Waals surface area (Å²) in [6.07, 6.45) is 5.85. The number of β-amino-alcohol motifs (C(OH)–C–C–N with tert-alkyl or cyclic N) is 1. The highest BCUT2D eigenvalue weighted by Gasteiger charge is 2.36. The van der Waals surface area contributed by atoms with Crippen LogP contribution in [0.3, 0.4) is 0 Å². The summed E-state index contributed by atoms with van der Waals surface area (Å²) in [5, 5.41) is 12.1. The van der Waals surface area contributed by atoms with Crippen molar-refractivity contribution in [2.45, 2.75) is 31.3 Å². The maximum absolute atomic E-state index is 13.0. The highest BCUT2D eigenvalue weighted by atomic mass is 35.5. The van der Waals surface area contributed by atoms with Crippen LogP contribution in [0.4, 0.5) is 5.69 Å². The van der Waals surface area contributed by atoms with E-state index in [4.69, 9.17) is 11.6 Å². The first-order valence-electron chi connectivity index (χ1n) is 11.8. The number of hydrogen-bond acceptors (Lipinski definition) is 6. The first-order chi connectivity index (χ1) is 16.8. The van der Waals surface area contributed by atoms with Gasteiger partial charge in [-0.2, -0.15) is 0 Å². The number of imidazole rings is 1. The molecule has 1 aromatic carbocycles. The summed E-state index contributed by atoms with van der Waals surface area (Å²) in [6.45, 7) is 1.54. The molecule has 8 nitrogen and oxygen atoms in total. The van der Waals surface area contributed by atoms with E-state index in [1.54, 1.807) is 24.3 Å². The minimum atomic E-state index is -0.998. The Hall–Kier alpha value is -3.23. The van der Waals surface area contributed by atoms with Crippen LogP contribution in [-0.2, 0) is 18.3 Å². The molecule has 0 spiro atoms. The van der Waals surface area contributed by atoms with Gasteiger partial charge in [0.25, 0.3) is 0 Å². The third-order valence-electron chi connectivity index (χ3n) is 6.83. The van der Waals surface area contributed by atoms with Crippen LogP contribution >= 0.6 is 11.6 Å². The summed E-state index contributed by atoms with van der Waals surface area (Å²) in [4.78, 5) is 30.3. The number of likely N-dealkylation sites (N-methyl/N-ethyl adjacent to an activating group) is 1. The number of hydrogen-bond donors (Lipinski definition) is 1. The smallest absolute Gasteiger partial charge is 0.222 e. The van der Waals surface area contributed by atoms with Crippen molar-refractivity contribution < 1.29 is 9.90 Å². The molecule has 1 saturated heterocycles. The van der Waals surface area contributed by atoms with Crippen molar-refractivity contribution in [1.82, 2.24) is 24.4 Å². The van der Waals surface area contributed by atoms with Crippen LogP contribution in [0.2, 0.25) is 5.02 Å². The van der Waals surface area contributed by atoms with Crippen LogP contribution in [0.15, 0.2) is 48.8 Å². The Bertz CT molecular complexity index is 1380. The van der Waals surface area contributed by atoms with Gasteiger partial charge in [-0.05, 0) is 49.2 Å². The van der Waals surface area contributed by atoms with Gasteiger partial charge in [-0.3, -0.25) is 14.8 Å². The zero-order valence-corrected chi connectivity index (χ0v) is 20.7. The van der Waals surface area contributed by atoms with E-state index in [2.05, 4.69) is 19.9 Å². The van der Waals surface area contributed by atoms with Crippen molar-refractivity contribution in [2.75, 3.05) is 31.6 Å². The molecule has 1 aliphatic rings. The summed E-state index contributed by atoms with van der Waals surface area (Å²) in [7, 11) is 3.71. The minimum absolute atomic E-state index is 0.0170. The van der Waals surface area contributed by atoms with E-state index in [1.807, 2.05) is 48.0 Å². The van der Waals surface area contributed by atoms with E-state index in [-0.39, 0.29) is 12.5 Å². The van der Waals surface area contributed by atoms with E-state index < -0.39 is 5.60 Å². The van der Waals surface area contributed by atoms with Crippen molar-refractivity contribution in [3.05, 3.63) is 59.6 Å². The lowest BCUT2D eigenvalue weighted by molar-refractivity contribution is -0.133. The maximum atomic E-state index is 13.0. The van der Waals surface area contributed by atoms with Gasteiger partial charge in [-0.15, -0.1) is 0 Å². The van der Waals surface area contributed by atoms with Crippen LogP contribution in [0.1, 0.15) is 25.1 Å². The largest absolute Gasteiger partial charge is 0.386 e. The molecule has 182 valence electrons. The van der Waals surface area contributed by atoms with E-state index >= 15 is 0 Å². The molecule has 0 saturated carbocycles. The molecule has 1 N–H and O–H groups in total. The molecule has 0 radical (unpaired) electrons. The molecule has 4 heterocycles. The summed E-state index contributed by atoms with van der Waals surface area (Å²) < 4.78 is 2.00. The Morgan fingerprint density at radius 1 is 1.20 bits per heavy atom. The van der Waals surface area contributed by atoms with E-state index in [0.29, 0.717) is 30.8 Å². The topological polar surface area (TPSA) is 87.4 Å². The lowest BCUT2D eigenvalue weighted by Gasteiger charge is -2.42. The van der Waals surface area contributed by atoms with Crippen LogP contribution in [0.5, 0.6) is 0 Å². The van der Waals surface area contributed by atoms with Crippen molar-refractivity contribution in [3.8, 4) is 0 Å². The van der Waals surface area contributed by atoms with Gasteiger partial charge in [0, 0.05) is 57.4 Å². The number of carbonyl (C=O) groups excluding carboxylic acids is 1. The average Bonchev–Trinajstić information content (AvgIpc) is 3.16. The summed E-state index contributed by atoms with van der Waals surface area (Å²) in [5.74, 6) is 0.820. The van der Waals surface area contributed by atoms with E-state index in [1.165, 1.54) is 0 Å². The van der Waals surface area contributed by atoms with Gasteiger partial charge in [0.1, 0.15) is 11.3 Å². The lowest BCUT2D eigenvalue weighted by atomic mass is 9.91. The quantitative estimate of drug-likeness (QED) is 0.442. The predicted octanol–water partition coefficient (Wildman–Crippen LogP) is 3.59. The molecule has 1 aliphatic heterocycles. The van der Waals surface area contributed by atoms with Gasteiger partial charge in [-0.25, -0.2) is 4.98 Å². The first kappa shape index (κ1) is 23.5. The van der Waals surface area contributed by atoms with Crippen molar-refractivity contribution in [1.29, 1.82) is 0 Å². The molecule has 4 aromatic rings. The number of piperidine rings is 1.